The molecule has 6 heteroatoms. The molecule has 1 atom stereocenters. The van der Waals surface area contributed by atoms with Gasteiger partial charge in [0.05, 0.1) is 13.2 Å². The lowest BCUT2D eigenvalue weighted by Crippen LogP contribution is -2.12. The summed E-state index contributed by atoms with van der Waals surface area (Å²) < 4.78 is 68.6. The molecule has 1 aliphatic rings. The van der Waals surface area contributed by atoms with Gasteiger partial charge in [0, 0.05) is 6.42 Å². The maximum Gasteiger partial charge on any atom is 0.165 e. The largest absolute Gasteiger partial charge is 0.491 e. The molecular weight excluding hydrogens is 468 g/mol. The van der Waals surface area contributed by atoms with Crippen LogP contribution in [0.4, 0.5) is 17.6 Å². The van der Waals surface area contributed by atoms with E-state index in [2.05, 4.69) is 6.92 Å². The Morgan fingerprint density at radius 1 is 0.778 bits per heavy atom. The summed E-state index contributed by atoms with van der Waals surface area (Å²) in [6.07, 6.45) is 2.67. The SMILES string of the molecule is CCOc1ccc(C(F)CCOc2ccc(-c3ccc(C4CCC(C)CC4)c(F)c3)cc2F)cc1F. The van der Waals surface area contributed by atoms with E-state index in [1.165, 1.54) is 30.3 Å². The minimum absolute atomic E-state index is 0.0164. The van der Waals surface area contributed by atoms with Crippen LogP contribution in [0.25, 0.3) is 11.1 Å². The molecule has 1 fully saturated rings. The van der Waals surface area contributed by atoms with Gasteiger partial charge in [-0.2, -0.15) is 0 Å². The van der Waals surface area contributed by atoms with Crippen molar-refractivity contribution in [3.05, 3.63) is 83.2 Å². The molecule has 1 saturated carbocycles. The predicted molar refractivity (Wildman–Crippen MR) is 134 cm³/mol. The molecule has 1 aliphatic carbocycles. The van der Waals surface area contributed by atoms with E-state index in [4.69, 9.17) is 9.47 Å². The second-order valence-corrected chi connectivity index (χ2v) is 9.57. The molecule has 1 unspecified atom stereocenters. The molecule has 2 nitrogen and oxygen atoms in total. The zero-order valence-corrected chi connectivity index (χ0v) is 20.7. The van der Waals surface area contributed by atoms with Crippen LogP contribution in [0.3, 0.4) is 0 Å². The summed E-state index contributed by atoms with van der Waals surface area (Å²) in [4.78, 5) is 0. The third kappa shape index (κ3) is 6.21. The van der Waals surface area contributed by atoms with Crippen molar-refractivity contribution in [2.24, 2.45) is 5.92 Å². The zero-order chi connectivity index (χ0) is 25.7. The summed E-state index contributed by atoms with van der Waals surface area (Å²) in [7, 11) is 0. The van der Waals surface area contributed by atoms with Gasteiger partial charge in [-0.25, -0.2) is 17.6 Å². The number of alkyl halides is 1. The van der Waals surface area contributed by atoms with Gasteiger partial charge >= 0.3 is 0 Å². The quantitative estimate of drug-likeness (QED) is 0.273. The molecule has 4 rings (SSSR count). The first-order valence-corrected chi connectivity index (χ1v) is 12.6. The average molecular weight is 501 g/mol. The van der Waals surface area contributed by atoms with E-state index in [1.807, 2.05) is 12.1 Å². The molecule has 0 aromatic heterocycles. The highest BCUT2D eigenvalue weighted by molar-refractivity contribution is 5.65. The molecule has 3 aromatic carbocycles. The molecule has 0 spiro atoms. The lowest BCUT2D eigenvalue weighted by molar-refractivity contribution is 0.230. The Hall–Kier alpha value is -3.02. The van der Waals surface area contributed by atoms with Crippen LogP contribution < -0.4 is 9.47 Å². The van der Waals surface area contributed by atoms with Gasteiger partial charge in [-0.05, 0) is 84.2 Å². The van der Waals surface area contributed by atoms with Gasteiger partial charge in [0.25, 0.3) is 0 Å². The lowest BCUT2D eigenvalue weighted by atomic mass is 9.79. The van der Waals surface area contributed by atoms with Crippen LogP contribution in [0.5, 0.6) is 11.5 Å². The van der Waals surface area contributed by atoms with E-state index in [9.17, 15) is 17.6 Å². The number of hydrogen-bond acceptors (Lipinski definition) is 2. The second kappa shape index (κ2) is 11.8. The Kier molecular flexibility index (Phi) is 8.55. The highest BCUT2D eigenvalue weighted by Gasteiger charge is 2.22. The molecule has 0 amide bonds. The van der Waals surface area contributed by atoms with Crippen molar-refractivity contribution in [2.45, 2.75) is 58.0 Å². The van der Waals surface area contributed by atoms with Gasteiger partial charge in [-0.15, -0.1) is 0 Å². The Balaban J connectivity index is 1.36. The lowest BCUT2D eigenvalue weighted by Gasteiger charge is -2.26. The van der Waals surface area contributed by atoms with Crippen LogP contribution in [0.15, 0.2) is 54.6 Å². The van der Waals surface area contributed by atoms with Crippen molar-refractivity contribution >= 4 is 0 Å². The fraction of sp³-hybridized carbons (Fsp3) is 0.400. The van der Waals surface area contributed by atoms with Crippen LogP contribution in [-0.4, -0.2) is 13.2 Å². The summed E-state index contributed by atoms with van der Waals surface area (Å²) in [5.41, 5.74) is 2.03. The van der Waals surface area contributed by atoms with Crippen molar-refractivity contribution in [1.29, 1.82) is 0 Å². The van der Waals surface area contributed by atoms with Gasteiger partial charge in [0.1, 0.15) is 12.0 Å². The third-order valence-corrected chi connectivity index (χ3v) is 6.97. The summed E-state index contributed by atoms with van der Waals surface area (Å²) in [5, 5.41) is 0. The summed E-state index contributed by atoms with van der Waals surface area (Å²) in [6, 6.07) is 13.5. The minimum Gasteiger partial charge on any atom is -0.491 e. The van der Waals surface area contributed by atoms with Crippen LogP contribution >= 0.6 is 0 Å². The van der Waals surface area contributed by atoms with E-state index in [-0.39, 0.29) is 41.8 Å². The highest BCUT2D eigenvalue weighted by Crippen LogP contribution is 2.38. The molecule has 0 radical (unpaired) electrons. The van der Waals surface area contributed by atoms with Crippen LogP contribution in [-0.2, 0) is 0 Å². The molecule has 0 N–H and O–H groups in total. The van der Waals surface area contributed by atoms with Crippen molar-refractivity contribution in [2.75, 3.05) is 13.2 Å². The first kappa shape index (κ1) is 26.1. The highest BCUT2D eigenvalue weighted by atomic mass is 19.1. The Bertz CT molecular complexity index is 1170. The first-order chi connectivity index (χ1) is 17.4. The molecule has 3 aromatic rings. The van der Waals surface area contributed by atoms with Crippen molar-refractivity contribution < 1.29 is 27.0 Å². The normalized spacial score (nSPS) is 18.6. The standard InChI is InChI=1S/C30H32F4O2/c1-3-35-29-13-10-23(18-28(29)34)25(31)14-15-36-30-12-9-22(17-27(30)33)21-8-11-24(26(32)16-21)20-6-4-19(2)5-7-20/h8-13,16-20,25H,3-7,14-15H2,1-2H3. The second-order valence-electron chi connectivity index (χ2n) is 9.57. The van der Waals surface area contributed by atoms with Gasteiger partial charge in [0.15, 0.2) is 23.1 Å². The van der Waals surface area contributed by atoms with Gasteiger partial charge < -0.3 is 9.47 Å². The topological polar surface area (TPSA) is 18.5 Å². The summed E-state index contributed by atoms with van der Waals surface area (Å²) in [5.74, 6) is -0.507. The number of hydrogen-bond donors (Lipinski definition) is 0. The van der Waals surface area contributed by atoms with E-state index in [0.29, 0.717) is 23.7 Å². The predicted octanol–water partition coefficient (Wildman–Crippen LogP) is 8.94. The van der Waals surface area contributed by atoms with Crippen molar-refractivity contribution in [3.8, 4) is 22.6 Å². The zero-order valence-electron chi connectivity index (χ0n) is 20.7. The van der Waals surface area contributed by atoms with Crippen molar-refractivity contribution in [3.63, 3.8) is 0 Å². The van der Waals surface area contributed by atoms with Crippen LogP contribution in [0.1, 0.15) is 69.2 Å². The van der Waals surface area contributed by atoms with Gasteiger partial charge in [0.2, 0.25) is 0 Å². The summed E-state index contributed by atoms with van der Waals surface area (Å²) >= 11 is 0. The molecule has 36 heavy (non-hydrogen) atoms. The number of halogens is 4. The number of benzene rings is 3. The molecule has 0 saturated heterocycles. The monoisotopic (exact) mass is 500 g/mol. The maximum atomic E-state index is 14.9. The fourth-order valence-electron chi connectivity index (χ4n) is 4.83. The smallest absolute Gasteiger partial charge is 0.165 e. The average Bonchev–Trinajstić information content (AvgIpc) is 2.87. The molecule has 0 heterocycles. The maximum absolute atomic E-state index is 14.9. The van der Waals surface area contributed by atoms with Crippen LogP contribution in [0, 0.1) is 23.4 Å². The number of ether oxygens (including phenoxy) is 2. The van der Waals surface area contributed by atoms with Gasteiger partial charge in [-0.1, -0.05) is 44.0 Å². The van der Waals surface area contributed by atoms with E-state index in [1.54, 1.807) is 13.0 Å². The first-order valence-electron chi connectivity index (χ1n) is 12.6. The molecular formula is C30H32F4O2. The summed E-state index contributed by atoms with van der Waals surface area (Å²) in [6.45, 7) is 4.19. The Morgan fingerprint density at radius 3 is 2.03 bits per heavy atom. The molecule has 192 valence electrons. The van der Waals surface area contributed by atoms with E-state index in [0.717, 1.165) is 37.3 Å². The van der Waals surface area contributed by atoms with Gasteiger partial charge in [-0.3, -0.25) is 0 Å². The Morgan fingerprint density at radius 2 is 1.39 bits per heavy atom. The van der Waals surface area contributed by atoms with E-state index >= 15 is 0 Å². The van der Waals surface area contributed by atoms with E-state index < -0.39 is 17.8 Å². The third-order valence-electron chi connectivity index (χ3n) is 6.97. The van der Waals surface area contributed by atoms with Crippen molar-refractivity contribution in [1.82, 2.24) is 0 Å². The van der Waals surface area contributed by atoms with Crippen LogP contribution in [0.2, 0.25) is 0 Å². The fourth-order valence-corrected chi connectivity index (χ4v) is 4.83. The molecule has 0 aliphatic heterocycles. The number of rotatable bonds is 9. The Labute approximate surface area is 210 Å². The minimum atomic E-state index is -1.47. The molecule has 0 bridgehead atoms.